The quantitative estimate of drug-likeness (QED) is 0.538. The summed E-state index contributed by atoms with van der Waals surface area (Å²) in [6.45, 7) is 6.53. The molecule has 2 amide bonds. The van der Waals surface area contributed by atoms with Crippen molar-refractivity contribution in [2.45, 2.75) is 56.0 Å². The number of nitrogens with zero attached hydrogens (tertiary/aromatic N) is 1. The molecule has 1 atom stereocenters. The highest BCUT2D eigenvalue weighted by Crippen LogP contribution is 2.35. The smallest absolute Gasteiger partial charge is 0.366 e. The number of amides is 2. The summed E-state index contributed by atoms with van der Waals surface area (Å²) in [7, 11) is 0. The summed E-state index contributed by atoms with van der Waals surface area (Å²) in [4.78, 5) is 15.0. The number of thioether (sulfide) groups is 1. The second-order valence-electron chi connectivity index (χ2n) is 8.96. The van der Waals surface area contributed by atoms with Crippen molar-refractivity contribution in [2.24, 2.45) is 0 Å². The molecule has 4 nitrogen and oxygen atoms in total. The van der Waals surface area contributed by atoms with Gasteiger partial charge in [-0.05, 0) is 56.4 Å². The van der Waals surface area contributed by atoms with Crippen LogP contribution in [0.25, 0.3) is 0 Å². The van der Waals surface area contributed by atoms with Crippen LogP contribution in [0.4, 0.5) is 18.0 Å². The topological polar surface area (TPSA) is 41.6 Å². The molecule has 174 valence electrons. The van der Waals surface area contributed by atoms with Gasteiger partial charge in [-0.2, -0.15) is 13.2 Å². The first kappa shape index (κ1) is 24.5. The maximum atomic E-state index is 13.5. The molecule has 2 aromatic rings. The van der Waals surface area contributed by atoms with E-state index >= 15 is 0 Å². The Kier molecular flexibility index (Phi) is 7.45. The first-order valence-corrected chi connectivity index (χ1v) is 11.7. The van der Waals surface area contributed by atoms with Crippen LogP contribution in [0.1, 0.15) is 43.6 Å². The monoisotopic (exact) mass is 466 g/mol. The highest BCUT2D eigenvalue weighted by Gasteiger charge is 2.37. The molecular formula is C24H29F3N2O2S. The van der Waals surface area contributed by atoms with E-state index in [-0.39, 0.29) is 29.7 Å². The maximum absolute atomic E-state index is 13.5. The van der Waals surface area contributed by atoms with Gasteiger partial charge in [0.15, 0.2) is 0 Å². The highest BCUT2D eigenvalue weighted by atomic mass is 32.2. The van der Waals surface area contributed by atoms with Gasteiger partial charge in [-0.15, -0.1) is 11.8 Å². The average molecular weight is 467 g/mol. The van der Waals surface area contributed by atoms with Gasteiger partial charge in [0.25, 0.3) is 0 Å². The number of carbonyl (C=O) groups excluding carboxylic acids is 1. The largest absolute Gasteiger partial charge is 0.416 e. The molecule has 0 bridgehead atoms. The van der Waals surface area contributed by atoms with E-state index in [9.17, 15) is 18.0 Å². The molecule has 2 aromatic carbocycles. The molecule has 8 heteroatoms. The Hall–Kier alpha value is -2.19. The van der Waals surface area contributed by atoms with Crippen LogP contribution in [0.3, 0.4) is 0 Å². The molecule has 1 N–H and O–H groups in total. The van der Waals surface area contributed by atoms with Crippen LogP contribution in [-0.4, -0.2) is 41.9 Å². The van der Waals surface area contributed by atoms with E-state index in [4.69, 9.17) is 4.74 Å². The number of likely N-dealkylation sites (tertiary alicyclic amines) is 1. The van der Waals surface area contributed by atoms with Crippen molar-refractivity contribution >= 4 is 17.8 Å². The van der Waals surface area contributed by atoms with Crippen LogP contribution in [-0.2, 0) is 17.3 Å². The van der Waals surface area contributed by atoms with Gasteiger partial charge < -0.3 is 15.0 Å². The van der Waals surface area contributed by atoms with Crippen molar-refractivity contribution in [3.63, 3.8) is 0 Å². The third-order valence-corrected chi connectivity index (χ3v) is 5.93. The first-order chi connectivity index (χ1) is 15.0. The predicted octanol–water partition coefficient (Wildman–Crippen LogP) is 5.92. The fraction of sp³-hybridized carbons (Fsp3) is 0.458. The van der Waals surface area contributed by atoms with Gasteiger partial charge in [0.2, 0.25) is 0 Å². The van der Waals surface area contributed by atoms with Gasteiger partial charge in [0.05, 0.1) is 30.9 Å². The fourth-order valence-electron chi connectivity index (χ4n) is 3.56. The molecule has 0 radical (unpaired) electrons. The van der Waals surface area contributed by atoms with E-state index in [1.807, 2.05) is 51.3 Å². The summed E-state index contributed by atoms with van der Waals surface area (Å²) in [5.74, 6) is 0. The van der Waals surface area contributed by atoms with Crippen LogP contribution in [0.5, 0.6) is 0 Å². The Morgan fingerprint density at radius 1 is 1.12 bits per heavy atom. The lowest BCUT2D eigenvalue weighted by molar-refractivity contribution is -0.138. The summed E-state index contributed by atoms with van der Waals surface area (Å²) in [5, 5.41) is 2.91. The molecule has 1 aliphatic heterocycles. The van der Waals surface area contributed by atoms with Crippen LogP contribution < -0.4 is 5.32 Å². The summed E-state index contributed by atoms with van der Waals surface area (Å²) in [6.07, 6.45) is -3.15. The summed E-state index contributed by atoms with van der Waals surface area (Å²) in [5.41, 5.74) is 0.0263. The minimum atomic E-state index is -4.43. The molecule has 1 saturated heterocycles. The average Bonchev–Trinajstić information content (AvgIpc) is 2.67. The number of alkyl halides is 3. The van der Waals surface area contributed by atoms with E-state index in [0.29, 0.717) is 13.1 Å². The minimum Gasteiger partial charge on any atom is -0.366 e. The Bertz CT molecular complexity index is 920. The lowest BCUT2D eigenvalue weighted by Gasteiger charge is -2.42. The standard InChI is InChI=1S/C24H29F3N2O2S/c1-23(2,3)28-22(30)29-14-18(15-29)31-21(16-9-11-19(32-4)12-10-16)13-17-7-5-6-8-20(17)24(25,26)27/h5-12,18,21H,13-15H2,1-4H3,(H,28,30). The Morgan fingerprint density at radius 3 is 2.31 bits per heavy atom. The zero-order valence-corrected chi connectivity index (χ0v) is 19.5. The maximum Gasteiger partial charge on any atom is 0.416 e. The van der Waals surface area contributed by atoms with Crippen LogP contribution >= 0.6 is 11.8 Å². The molecule has 0 aliphatic carbocycles. The molecule has 3 rings (SSSR count). The van der Waals surface area contributed by atoms with Gasteiger partial charge in [-0.25, -0.2) is 4.79 Å². The Morgan fingerprint density at radius 2 is 1.75 bits per heavy atom. The third-order valence-electron chi connectivity index (χ3n) is 5.19. The highest BCUT2D eigenvalue weighted by molar-refractivity contribution is 7.98. The van der Waals surface area contributed by atoms with Crippen LogP contribution in [0, 0.1) is 0 Å². The molecule has 1 aliphatic rings. The number of hydrogen-bond acceptors (Lipinski definition) is 3. The molecule has 1 fully saturated rings. The van der Waals surface area contributed by atoms with Crippen molar-refractivity contribution in [3.8, 4) is 0 Å². The van der Waals surface area contributed by atoms with E-state index in [2.05, 4.69) is 5.32 Å². The fourth-order valence-corrected chi connectivity index (χ4v) is 3.97. The minimum absolute atomic E-state index is 0.0962. The number of carbonyl (C=O) groups is 1. The number of halogens is 3. The molecular weight excluding hydrogens is 437 g/mol. The second-order valence-corrected chi connectivity index (χ2v) is 9.84. The first-order valence-electron chi connectivity index (χ1n) is 10.5. The number of ether oxygens (including phenoxy) is 1. The molecule has 0 saturated carbocycles. The third kappa shape index (κ3) is 6.42. The normalized spacial score (nSPS) is 15.9. The van der Waals surface area contributed by atoms with Gasteiger partial charge in [-0.1, -0.05) is 30.3 Å². The van der Waals surface area contributed by atoms with E-state index in [1.165, 1.54) is 12.1 Å². The van der Waals surface area contributed by atoms with Crippen molar-refractivity contribution in [1.29, 1.82) is 0 Å². The van der Waals surface area contributed by atoms with E-state index < -0.39 is 17.8 Å². The lowest BCUT2D eigenvalue weighted by atomic mass is 9.96. The Labute approximate surface area is 191 Å². The van der Waals surface area contributed by atoms with Gasteiger partial charge in [0, 0.05) is 16.9 Å². The van der Waals surface area contributed by atoms with Gasteiger partial charge >= 0.3 is 12.2 Å². The molecule has 0 aromatic heterocycles. The SMILES string of the molecule is CSc1ccc(C(Cc2ccccc2C(F)(F)F)OC2CN(C(=O)NC(C)(C)C)C2)cc1. The Balaban J connectivity index is 1.76. The summed E-state index contributed by atoms with van der Waals surface area (Å²) in [6, 6.07) is 13.1. The van der Waals surface area contributed by atoms with Crippen molar-refractivity contribution in [1.82, 2.24) is 10.2 Å². The van der Waals surface area contributed by atoms with Gasteiger partial charge in [0.1, 0.15) is 0 Å². The molecule has 1 unspecified atom stereocenters. The summed E-state index contributed by atoms with van der Waals surface area (Å²) < 4.78 is 46.8. The van der Waals surface area contributed by atoms with Crippen molar-refractivity contribution in [2.75, 3.05) is 19.3 Å². The predicted molar refractivity (Wildman–Crippen MR) is 121 cm³/mol. The number of hydrogen-bond donors (Lipinski definition) is 1. The zero-order chi connectivity index (χ0) is 23.5. The van der Waals surface area contributed by atoms with Crippen molar-refractivity contribution < 1.29 is 22.7 Å². The van der Waals surface area contributed by atoms with Crippen LogP contribution in [0.15, 0.2) is 53.4 Å². The molecule has 32 heavy (non-hydrogen) atoms. The lowest BCUT2D eigenvalue weighted by Crippen LogP contribution is -2.60. The van der Waals surface area contributed by atoms with Crippen LogP contribution in [0.2, 0.25) is 0 Å². The van der Waals surface area contributed by atoms with Gasteiger partial charge in [-0.3, -0.25) is 0 Å². The molecule has 0 spiro atoms. The number of benzene rings is 2. The number of nitrogens with one attached hydrogen (secondary N) is 1. The number of rotatable bonds is 6. The zero-order valence-electron chi connectivity index (χ0n) is 18.7. The summed E-state index contributed by atoms with van der Waals surface area (Å²) >= 11 is 1.60. The molecule has 1 heterocycles. The van der Waals surface area contributed by atoms with E-state index in [0.717, 1.165) is 16.5 Å². The van der Waals surface area contributed by atoms with E-state index in [1.54, 1.807) is 22.7 Å². The number of urea groups is 1. The van der Waals surface area contributed by atoms with Crippen molar-refractivity contribution in [3.05, 3.63) is 65.2 Å². The second kappa shape index (κ2) is 9.75.